The lowest BCUT2D eigenvalue weighted by molar-refractivity contribution is -0.236. The van der Waals surface area contributed by atoms with Gasteiger partial charge in [0.25, 0.3) is 0 Å². The molecule has 1 saturated heterocycles. The third kappa shape index (κ3) is 12.4. The zero-order valence-electron chi connectivity index (χ0n) is 27.7. The molecule has 0 aromatic heterocycles. The lowest BCUT2D eigenvalue weighted by Crippen LogP contribution is -2.66. The number of rotatable bonds is 15. The number of hydrogen-bond donors (Lipinski definition) is 3. The average Bonchev–Trinajstić information content (AvgIpc) is 3.04. The van der Waals surface area contributed by atoms with Gasteiger partial charge in [-0.25, -0.2) is 4.79 Å². The molecule has 1 heterocycles. The van der Waals surface area contributed by atoms with Crippen molar-refractivity contribution in [1.82, 2.24) is 10.6 Å². The Balaban J connectivity index is 1.59. The van der Waals surface area contributed by atoms with Crippen molar-refractivity contribution in [2.24, 2.45) is 0 Å². The Hall–Kier alpha value is -3.80. The summed E-state index contributed by atoms with van der Waals surface area (Å²) in [6, 6.07) is 28.7. The van der Waals surface area contributed by atoms with Gasteiger partial charge in [0.15, 0.2) is 0 Å². The number of carbonyl (C=O) groups is 2. The molecule has 0 radical (unpaired) electrons. The lowest BCUT2D eigenvalue weighted by atomic mass is 9.89. The number of ether oxygens (including phenoxy) is 5. The molecule has 3 N–H and O–H groups in total. The van der Waals surface area contributed by atoms with Crippen molar-refractivity contribution in [3.8, 4) is 0 Å². The number of aliphatic hydroxyl groups is 1. The van der Waals surface area contributed by atoms with Crippen LogP contribution in [0.3, 0.4) is 0 Å². The second-order valence-corrected chi connectivity index (χ2v) is 12.7. The Morgan fingerprint density at radius 2 is 1.30 bits per heavy atom. The Bertz CT molecular complexity index is 1350. The molecule has 1 aliphatic rings. The van der Waals surface area contributed by atoms with E-state index in [1.165, 1.54) is 6.92 Å². The highest BCUT2D eigenvalue weighted by Gasteiger charge is 2.48. The van der Waals surface area contributed by atoms with Crippen LogP contribution in [0.5, 0.6) is 0 Å². The fraction of sp³-hybridized carbons (Fsp3) is 0.459. The van der Waals surface area contributed by atoms with E-state index in [0.717, 1.165) is 16.7 Å². The quantitative estimate of drug-likeness (QED) is 0.212. The summed E-state index contributed by atoms with van der Waals surface area (Å²) in [5.74, 6) is -0.279. The number of hydrogen-bond acceptors (Lipinski definition) is 8. The van der Waals surface area contributed by atoms with Crippen LogP contribution < -0.4 is 10.6 Å². The smallest absolute Gasteiger partial charge is 0.407 e. The van der Waals surface area contributed by atoms with Crippen LogP contribution in [0.25, 0.3) is 0 Å². The Kier molecular flexibility index (Phi) is 13.8. The van der Waals surface area contributed by atoms with Gasteiger partial charge in [0.05, 0.1) is 44.7 Å². The first kappa shape index (κ1) is 36.0. The minimum absolute atomic E-state index is 0.0692. The fourth-order valence-electron chi connectivity index (χ4n) is 5.43. The van der Waals surface area contributed by atoms with E-state index in [1.807, 2.05) is 91.0 Å². The maximum absolute atomic E-state index is 12.6. The summed E-state index contributed by atoms with van der Waals surface area (Å²) >= 11 is 0. The Labute approximate surface area is 277 Å². The van der Waals surface area contributed by atoms with Gasteiger partial charge in [0, 0.05) is 19.9 Å². The van der Waals surface area contributed by atoms with Gasteiger partial charge in [0.1, 0.15) is 23.9 Å². The maximum atomic E-state index is 12.6. The van der Waals surface area contributed by atoms with Crippen LogP contribution in [0.4, 0.5) is 4.79 Å². The molecule has 6 atom stereocenters. The van der Waals surface area contributed by atoms with Crippen LogP contribution in [0, 0.1) is 0 Å². The van der Waals surface area contributed by atoms with E-state index in [-0.39, 0.29) is 38.7 Å². The summed E-state index contributed by atoms with van der Waals surface area (Å²) in [5, 5.41) is 16.7. The summed E-state index contributed by atoms with van der Waals surface area (Å²) in [6.45, 7) is 7.75. The van der Waals surface area contributed by atoms with E-state index in [0.29, 0.717) is 6.61 Å². The summed E-state index contributed by atoms with van der Waals surface area (Å²) < 4.78 is 31.3. The Morgan fingerprint density at radius 1 is 0.787 bits per heavy atom. The van der Waals surface area contributed by atoms with Crippen LogP contribution in [0.1, 0.15) is 50.8 Å². The van der Waals surface area contributed by atoms with E-state index < -0.39 is 48.3 Å². The Morgan fingerprint density at radius 3 is 1.81 bits per heavy atom. The van der Waals surface area contributed by atoms with Gasteiger partial charge >= 0.3 is 6.09 Å². The first-order valence-corrected chi connectivity index (χ1v) is 16.1. The van der Waals surface area contributed by atoms with Crippen LogP contribution in [0.15, 0.2) is 91.0 Å². The third-order valence-electron chi connectivity index (χ3n) is 7.51. The van der Waals surface area contributed by atoms with Gasteiger partial charge in [-0.3, -0.25) is 4.79 Å². The maximum Gasteiger partial charge on any atom is 0.407 e. The van der Waals surface area contributed by atoms with Gasteiger partial charge in [-0.2, -0.15) is 0 Å². The second kappa shape index (κ2) is 17.9. The average molecular weight is 649 g/mol. The highest BCUT2D eigenvalue weighted by Crippen LogP contribution is 2.30. The molecular weight excluding hydrogens is 600 g/mol. The predicted octanol–water partition coefficient (Wildman–Crippen LogP) is 4.92. The molecule has 0 spiro atoms. The van der Waals surface area contributed by atoms with E-state index in [2.05, 4.69) is 10.6 Å². The highest BCUT2D eigenvalue weighted by molar-refractivity contribution is 5.73. The monoisotopic (exact) mass is 648 g/mol. The number of aliphatic hydroxyl groups excluding tert-OH is 1. The summed E-state index contributed by atoms with van der Waals surface area (Å²) in [5.41, 5.74) is 2.26. The minimum Gasteiger partial charge on any atom is -0.444 e. The predicted molar refractivity (Wildman–Crippen MR) is 177 cm³/mol. The molecule has 0 bridgehead atoms. The van der Waals surface area contributed by atoms with Crippen molar-refractivity contribution in [3.05, 3.63) is 108 Å². The van der Waals surface area contributed by atoms with Crippen LogP contribution in [0.2, 0.25) is 0 Å². The molecule has 10 nitrogen and oxygen atoms in total. The molecule has 1 unspecified atom stereocenters. The molecule has 4 rings (SSSR count). The molecule has 1 aliphatic heterocycles. The number of amides is 2. The van der Waals surface area contributed by atoms with Gasteiger partial charge in [-0.05, 0) is 37.5 Å². The zero-order valence-corrected chi connectivity index (χ0v) is 27.7. The van der Waals surface area contributed by atoms with E-state index in [1.54, 1.807) is 20.8 Å². The van der Waals surface area contributed by atoms with Crippen LogP contribution >= 0.6 is 0 Å². The van der Waals surface area contributed by atoms with Crippen molar-refractivity contribution in [3.63, 3.8) is 0 Å². The number of carbonyl (C=O) groups excluding carboxylic acids is 2. The van der Waals surface area contributed by atoms with E-state index in [4.69, 9.17) is 23.7 Å². The number of benzene rings is 3. The third-order valence-corrected chi connectivity index (χ3v) is 7.51. The molecule has 0 saturated carbocycles. The normalized spacial score (nSPS) is 21.9. The molecule has 10 heteroatoms. The molecule has 254 valence electrons. The standard InChI is InChI=1S/C37H48N2O8/c1-26(40)39-33-31(20-30(41)21-38-36(42)47-37(2,3)4)46-32(25-43-22-27-14-8-5-9-15-27)34(44-23-28-16-10-6-11-17-28)35(33)45-24-29-18-12-7-13-19-29/h5-19,30-35,41H,20-25H2,1-4H3,(H,38,42)(H,39,40)/t30?,31-,32-,33+,34-,35-/m1/s1. The number of alkyl carbamates (subject to hydrolysis) is 1. The van der Waals surface area contributed by atoms with Crippen LogP contribution in [-0.2, 0) is 48.3 Å². The molecular formula is C37H48N2O8. The van der Waals surface area contributed by atoms with Gasteiger partial charge in [-0.15, -0.1) is 0 Å². The summed E-state index contributed by atoms with van der Waals surface area (Å²) in [4.78, 5) is 24.9. The van der Waals surface area contributed by atoms with Crippen molar-refractivity contribution < 1.29 is 38.4 Å². The fourth-order valence-corrected chi connectivity index (χ4v) is 5.43. The SMILES string of the molecule is CC(=O)N[C@@H]1[C@@H](OCc2ccccc2)[C@H](OCc2ccccc2)[C@@H](COCc2ccccc2)O[C@@H]1CC(O)CNC(=O)OC(C)(C)C. The summed E-state index contributed by atoms with van der Waals surface area (Å²) in [6.07, 6.45) is -4.16. The molecule has 2 amide bonds. The first-order valence-electron chi connectivity index (χ1n) is 16.1. The van der Waals surface area contributed by atoms with Crippen molar-refractivity contribution in [1.29, 1.82) is 0 Å². The lowest BCUT2D eigenvalue weighted by Gasteiger charge is -2.47. The van der Waals surface area contributed by atoms with Gasteiger partial charge in [0.2, 0.25) is 5.91 Å². The van der Waals surface area contributed by atoms with Gasteiger partial charge < -0.3 is 39.4 Å². The molecule has 47 heavy (non-hydrogen) atoms. The molecule has 3 aromatic rings. The second-order valence-electron chi connectivity index (χ2n) is 12.7. The topological polar surface area (TPSA) is 125 Å². The molecule has 3 aromatic carbocycles. The van der Waals surface area contributed by atoms with E-state index >= 15 is 0 Å². The largest absolute Gasteiger partial charge is 0.444 e. The van der Waals surface area contributed by atoms with Gasteiger partial charge in [-0.1, -0.05) is 91.0 Å². The van der Waals surface area contributed by atoms with Crippen molar-refractivity contribution in [2.45, 2.75) is 96.1 Å². The van der Waals surface area contributed by atoms with Crippen LogP contribution in [-0.4, -0.2) is 72.4 Å². The highest BCUT2D eigenvalue weighted by atomic mass is 16.6. The minimum atomic E-state index is -1.01. The number of nitrogens with one attached hydrogen (secondary N) is 2. The zero-order chi connectivity index (χ0) is 33.6. The van der Waals surface area contributed by atoms with Crippen molar-refractivity contribution >= 4 is 12.0 Å². The summed E-state index contributed by atoms with van der Waals surface area (Å²) in [7, 11) is 0. The van der Waals surface area contributed by atoms with E-state index in [9.17, 15) is 14.7 Å². The first-order chi connectivity index (χ1) is 22.6. The molecule has 1 fully saturated rings. The van der Waals surface area contributed by atoms with Crippen molar-refractivity contribution in [2.75, 3.05) is 13.2 Å². The molecule has 0 aliphatic carbocycles.